The number of pyridine rings is 2. The largest absolute Gasteiger partial charge is 0.444 e. The number of hydrogen-bond acceptors (Lipinski definition) is 7. The monoisotopic (exact) mass is 588 g/mol. The van der Waals surface area contributed by atoms with E-state index in [1.54, 1.807) is 36.7 Å². The number of ether oxygens (including phenoxy) is 1. The first-order valence-electron chi connectivity index (χ1n) is 15.1. The maximum atomic E-state index is 15.2. The number of carbonyl (C=O) groups is 2. The standard InChI is InChI=1S/C33H41FN6O3/c1-33(2,3)43-32(42)38-26-13-18-40(19-14-26)29-10-9-23(20-36-29)22-39-16-11-25(12-17-39)37-31(41)28-8-4-7-27(30(28)34)24-6-5-15-35-21-24/h4-10,15,20-21,25-26H,11-14,16-19,22H2,1-3H3,(H,37,41)(H,38,42). The van der Waals surface area contributed by atoms with Crippen LogP contribution in [-0.4, -0.2) is 70.7 Å². The molecule has 0 saturated carbocycles. The number of nitrogens with zero attached hydrogens (tertiary/aromatic N) is 4. The summed E-state index contributed by atoms with van der Waals surface area (Å²) < 4.78 is 20.6. The number of likely N-dealkylation sites (tertiary alicyclic amines) is 1. The van der Waals surface area contributed by atoms with Crippen LogP contribution in [0.3, 0.4) is 0 Å². The Bertz CT molecular complexity index is 1380. The van der Waals surface area contributed by atoms with E-state index in [2.05, 4.69) is 37.6 Å². The van der Waals surface area contributed by atoms with Crippen molar-refractivity contribution in [3.05, 3.63) is 78.0 Å². The third-order valence-electron chi connectivity index (χ3n) is 7.89. The quantitative estimate of drug-likeness (QED) is 0.393. The molecule has 0 radical (unpaired) electrons. The van der Waals surface area contributed by atoms with Crippen molar-refractivity contribution in [3.8, 4) is 11.1 Å². The molecule has 2 fully saturated rings. The average molecular weight is 589 g/mol. The van der Waals surface area contributed by atoms with E-state index in [0.717, 1.165) is 69.8 Å². The van der Waals surface area contributed by atoms with Crippen LogP contribution in [0.2, 0.25) is 0 Å². The van der Waals surface area contributed by atoms with E-state index < -0.39 is 11.4 Å². The predicted octanol–water partition coefficient (Wildman–Crippen LogP) is 5.17. The summed E-state index contributed by atoms with van der Waals surface area (Å²) in [7, 11) is 0. The molecule has 0 aliphatic carbocycles. The van der Waals surface area contributed by atoms with Gasteiger partial charge in [0.2, 0.25) is 0 Å². The molecular weight excluding hydrogens is 547 g/mol. The zero-order valence-electron chi connectivity index (χ0n) is 25.2. The molecule has 4 heterocycles. The molecule has 2 amide bonds. The number of piperidine rings is 2. The second-order valence-corrected chi connectivity index (χ2v) is 12.4. The lowest BCUT2D eigenvalue weighted by Crippen LogP contribution is -2.46. The van der Waals surface area contributed by atoms with Crippen LogP contribution in [0.25, 0.3) is 11.1 Å². The molecule has 2 N–H and O–H groups in total. The van der Waals surface area contributed by atoms with Crippen LogP contribution < -0.4 is 15.5 Å². The molecule has 0 spiro atoms. The fraction of sp³-hybridized carbons (Fsp3) is 0.455. The van der Waals surface area contributed by atoms with Crippen molar-refractivity contribution in [2.75, 3.05) is 31.1 Å². The van der Waals surface area contributed by atoms with Gasteiger partial charge in [0, 0.05) is 74.5 Å². The summed E-state index contributed by atoms with van der Waals surface area (Å²) in [5.41, 5.74) is 1.70. The van der Waals surface area contributed by atoms with Crippen LogP contribution in [0.5, 0.6) is 0 Å². The Morgan fingerprint density at radius 3 is 2.30 bits per heavy atom. The number of anilines is 1. The minimum atomic E-state index is -0.525. The van der Waals surface area contributed by atoms with Crippen molar-refractivity contribution in [1.82, 2.24) is 25.5 Å². The maximum Gasteiger partial charge on any atom is 0.407 e. The number of amides is 2. The van der Waals surface area contributed by atoms with Crippen LogP contribution in [0.1, 0.15) is 62.4 Å². The molecule has 1 aromatic carbocycles. The molecule has 10 heteroatoms. The Morgan fingerprint density at radius 1 is 0.930 bits per heavy atom. The van der Waals surface area contributed by atoms with Crippen LogP contribution in [-0.2, 0) is 11.3 Å². The summed E-state index contributed by atoms with van der Waals surface area (Å²) in [5, 5.41) is 6.02. The van der Waals surface area contributed by atoms with Crippen molar-refractivity contribution >= 4 is 17.8 Å². The van der Waals surface area contributed by atoms with E-state index in [1.807, 2.05) is 27.0 Å². The fourth-order valence-corrected chi connectivity index (χ4v) is 5.63. The SMILES string of the molecule is CC(C)(C)OC(=O)NC1CCN(c2ccc(CN3CCC(NC(=O)c4cccc(-c5cccnc5)c4F)CC3)cn2)CC1. The molecule has 0 unspecified atom stereocenters. The Labute approximate surface area is 252 Å². The molecular formula is C33H41FN6O3. The molecule has 43 heavy (non-hydrogen) atoms. The van der Waals surface area contributed by atoms with Gasteiger partial charge in [-0.15, -0.1) is 0 Å². The third kappa shape index (κ3) is 8.28. The summed E-state index contributed by atoms with van der Waals surface area (Å²) in [4.78, 5) is 38.4. The fourth-order valence-electron chi connectivity index (χ4n) is 5.63. The minimum absolute atomic E-state index is 0.00145. The smallest absolute Gasteiger partial charge is 0.407 e. The van der Waals surface area contributed by atoms with Gasteiger partial charge in [0.05, 0.1) is 5.56 Å². The highest BCUT2D eigenvalue weighted by Gasteiger charge is 2.25. The second-order valence-electron chi connectivity index (χ2n) is 12.4. The highest BCUT2D eigenvalue weighted by Crippen LogP contribution is 2.25. The van der Waals surface area contributed by atoms with Crippen molar-refractivity contribution in [3.63, 3.8) is 0 Å². The lowest BCUT2D eigenvalue weighted by Gasteiger charge is -2.34. The molecule has 2 aliphatic heterocycles. The first-order chi connectivity index (χ1) is 20.6. The number of benzene rings is 1. The summed E-state index contributed by atoms with van der Waals surface area (Å²) in [5.74, 6) is 0.0371. The predicted molar refractivity (Wildman–Crippen MR) is 164 cm³/mol. The highest BCUT2D eigenvalue weighted by molar-refractivity contribution is 5.96. The zero-order valence-corrected chi connectivity index (χ0v) is 25.2. The molecule has 228 valence electrons. The normalized spacial score (nSPS) is 17.0. The van der Waals surface area contributed by atoms with E-state index >= 15 is 4.39 Å². The van der Waals surface area contributed by atoms with E-state index in [4.69, 9.17) is 9.72 Å². The minimum Gasteiger partial charge on any atom is -0.444 e. The van der Waals surface area contributed by atoms with Gasteiger partial charge in [-0.25, -0.2) is 14.2 Å². The number of aromatic nitrogens is 2. The summed E-state index contributed by atoms with van der Waals surface area (Å²) in [6, 6.07) is 12.7. The van der Waals surface area contributed by atoms with Crippen LogP contribution in [0, 0.1) is 5.82 Å². The number of nitrogens with one attached hydrogen (secondary N) is 2. The van der Waals surface area contributed by atoms with Gasteiger partial charge >= 0.3 is 6.09 Å². The third-order valence-corrected chi connectivity index (χ3v) is 7.89. The molecule has 0 atom stereocenters. The number of hydrogen-bond donors (Lipinski definition) is 2. The van der Waals surface area contributed by atoms with E-state index in [1.165, 1.54) is 6.07 Å². The first-order valence-corrected chi connectivity index (χ1v) is 15.1. The summed E-state index contributed by atoms with van der Waals surface area (Å²) in [6.45, 7) is 9.70. The van der Waals surface area contributed by atoms with Gasteiger partial charge in [-0.05, 0) is 70.2 Å². The van der Waals surface area contributed by atoms with Gasteiger partial charge in [-0.3, -0.25) is 14.7 Å². The van der Waals surface area contributed by atoms with Gasteiger partial charge in [-0.2, -0.15) is 0 Å². The van der Waals surface area contributed by atoms with Crippen LogP contribution in [0.15, 0.2) is 61.1 Å². The Hall–Kier alpha value is -4.05. The number of rotatable bonds is 7. The maximum absolute atomic E-state index is 15.2. The van der Waals surface area contributed by atoms with E-state index in [9.17, 15) is 9.59 Å². The summed E-state index contributed by atoms with van der Waals surface area (Å²) in [6.07, 6.45) is 8.09. The Kier molecular flexibility index (Phi) is 9.55. The zero-order chi connectivity index (χ0) is 30.4. The van der Waals surface area contributed by atoms with Gasteiger partial charge in [0.15, 0.2) is 0 Å². The van der Waals surface area contributed by atoms with Crippen molar-refractivity contribution in [2.24, 2.45) is 0 Å². The van der Waals surface area contributed by atoms with Crippen molar-refractivity contribution in [2.45, 2.75) is 70.7 Å². The molecule has 3 aromatic rings. The van der Waals surface area contributed by atoms with Gasteiger partial charge in [-0.1, -0.05) is 24.3 Å². The van der Waals surface area contributed by atoms with Gasteiger partial charge in [0.1, 0.15) is 17.2 Å². The highest BCUT2D eigenvalue weighted by atomic mass is 19.1. The molecule has 2 aromatic heterocycles. The second kappa shape index (κ2) is 13.5. The Balaban J connectivity index is 1.06. The van der Waals surface area contributed by atoms with Crippen molar-refractivity contribution in [1.29, 1.82) is 0 Å². The first kappa shape index (κ1) is 30.4. The topological polar surface area (TPSA) is 99.7 Å². The van der Waals surface area contributed by atoms with Crippen molar-refractivity contribution < 1.29 is 18.7 Å². The molecule has 5 rings (SSSR count). The number of alkyl carbamates (subject to hydrolysis) is 1. The molecule has 2 aliphatic rings. The van der Waals surface area contributed by atoms with Gasteiger partial charge < -0.3 is 20.3 Å². The Morgan fingerprint density at radius 2 is 1.65 bits per heavy atom. The molecule has 9 nitrogen and oxygen atoms in total. The lowest BCUT2D eigenvalue weighted by molar-refractivity contribution is 0.0497. The van der Waals surface area contributed by atoms with Crippen LogP contribution >= 0.6 is 0 Å². The average Bonchev–Trinajstić information content (AvgIpc) is 2.98. The number of halogens is 1. The number of carbonyl (C=O) groups excluding carboxylic acids is 2. The van der Waals surface area contributed by atoms with E-state index in [-0.39, 0.29) is 29.6 Å². The summed E-state index contributed by atoms with van der Waals surface area (Å²) >= 11 is 0. The molecule has 2 saturated heterocycles. The van der Waals surface area contributed by atoms with Crippen LogP contribution in [0.4, 0.5) is 15.0 Å². The van der Waals surface area contributed by atoms with E-state index in [0.29, 0.717) is 11.1 Å². The molecule has 0 bridgehead atoms. The lowest BCUT2D eigenvalue weighted by atomic mass is 10.0. The van der Waals surface area contributed by atoms with Gasteiger partial charge in [0.25, 0.3) is 5.91 Å².